The second-order valence-electron chi connectivity index (χ2n) is 7.95. The molecule has 0 bridgehead atoms. The molecular weight excluding hydrogens is 410 g/mol. The molecule has 0 aromatic heterocycles. The summed E-state index contributed by atoms with van der Waals surface area (Å²) in [6.45, 7) is 6.60. The van der Waals surface area contributed by atoms with Crippen LogP contribution in [0.15, 0.2) is 76.7 Å². The van der Waals surface area contributed by atoms with Gasteiger partial charge in [0.2, 0.25) is 0 Å². The minimum Gasteiger partial charge on any atom is -0.449 e. The van der Waals surface area contributed by atoms with Gasteiger partial charge >= 0.3 is 6.09 Å². The van der Waals surface area contributed by atoms with E-state index in [1.807, 2.05) is 55.5 Å². The number of amides is 1. The number of anilines is 1. The number of aryl methyl sites for hydroxylation is 2. The highest BCUT2D eigenvalue weighted by atomic mass is 16.5. The van der Waals surface area contributed by atoms with Crippen molar-refractivity contribution in [1.29, 1.82) is 0 Å². The van der Waals surface area contributed by atoms with E-state index in [2.05, 4.69) is 53.4 Å². The van der Waals surface area contributed by atoms with Gasteiger partial charge in [0.25, 0.3) is 0 Å². The molecule has 0 spiro atoms. The lowest BCUT2D eigenvalue weighted by Gasteiger charge is -2.11. The summed E-state index contributed by atoms with van der Waals surface area (Å²) in [4.78, 5) is 20.6. The quantitative estimate of drug-likeness (QED) is 0.274. The zero-order chi connectivity index (χ0) is 23.5. The van der Waals surface area contributed by atoms with Crippen LogP contribution in [0.3, 0.4) is 0 Å². The normalized spacial score (nSPS) is 10.3. The summed E-state index contributed by atoms with van der Waals surface area (Å²) in [6, 6.07) is 24.9. The van der Waals surface area contributed by atoms with Crippen molar-refractivity contribution in [2.45, 2.75) is 46.5 Å². The molecule has 0 atom stereocenters. The molecule has 0 saturated carbocycles. The Kier molecular flexibility index (Phi) is 8.98. The van der Waals surface area contributed by atoms with Gasteiger partial charge in [-0.3, -0.25) is 5.32 Å². The van der Waals surface area contributed by atoms with Crippen LogP contribution in [0.1, 0.15) is 48.9 Å². The largest absolute Gasteiger partial charge is 0.449 e. The molecule has 0 unspecified atom stereocenters. The number of hydrogen-bond acceptors (Lipinski definition) is 4. The third-order valence-electron chi connectivity index (χ3n) is 5.32. The number of carbonyl (C=O) groups is 1. The third kappa shape index (κ3) is 7.74. The maximum absolute atomic E-state index is 12.0. The number of ether oxygens (including phenoxy) is 1. The SMILES string of the molecule is CCCCOC(=O)Nc1cc(Cc2ccc(N=C=Nc3ccc(CC)cc3)cc2)ccc1C. The van der Waals surface area contributed by atoms with Gasteiger partial charge in [-0.05, 0) is 78.8 Å². The third-order valence-corrected chi connectivity index (χ3v) is 5.32. The van der Waals surface area contributed by atoms with Crippen LogP contribution < -0.4 is 5.32 Å². The first-order valence-electron chi connectivity index (χ1n) is 11.4. The van der Waals surface area contributed by atoms with Crippen molar-refractivity contribution in [2.24, 2.45) is 9.98 Å². The molecule has 0 fully saturated rings. The Morgan fingerprint density at radius 1 is 0.879 bits per heavy atom. The lowest BCUT2D eigenvalue weighted by molar-refractivity contribution is 0.160. The van der Waals surface area contributed by atoms with Gasteiger partial charge in [0.1, 0.15) is 6.01 Å². The van der Waals surface area contributed by atoms with E-state index in [9.17, 15) is 4.79 Å². The number of rotatable bonds is 9. The molecule has 33 heavy (non-hydrogen) atoms. The molecular formula is C28H31N3O2. The van der Waals surface area contributed by atoms with Crippen molar-refractivity contribution < 1.29 is 9.53 Å². The molecule has 0 saturated heterocycles. The van der Waals surface area contributed by atoms with Crippen molar-refractivity contribution in [3.05, 3.63) is 89.0 Å². The Bertz CT molecular complexity index is 1110. The highest BCUT2D eigenvalue weighted by Gasteiger charge is 2.07. The molecule has 1 N–H and O–H groups in total. The number of nitrogens with one attached hydrogen (secondary N) is 1. The van der Waals surface area contributed by atoms with Crippen molar-refractivity contribution in [3.63, 3.8) is 0 Å². The predicted molar refractivity (Wildman–Crippen MR) is 135 cm³/mol. The fraction of sp³-hybridized carbons (Fsp3) is 0.286. The van der Waals surface area contributed by atoms with E-state index in [4.69, 9.17) is 4.74 Å². The molecule has 0 aliphatic rings. The summed E-state index contributed by atoms with van der Waals surface area (Å²) in [5.74, 6) is 0. The maximum atomic E-state index is 12.0. The second kappa shape index (κ2) is 12.4. The molecule has 3 aromatic carbocycles. The van der Waals surface area contributed by atoms with Gasteiger partial charge in [0, 0.05) is 5.69 Å². The number of carbonyl (C=O) groups excluding carboxylic acids is 1. The molecule has 0 aliphatic carbocycles. The van der Waals surface area contributed by atoms with E-state index in [-0.39, 0.29) is 0 Å². The molecule has 170 valence electrons. The first-order valence-corrected chi connectivity index (χ1v) is 11.4. The van der Waals surface area contributed by atoms with Crippen molar-refractivity contribution in [3.8, 4) is 0 Å². The molecule has 0 heterocycles. The number of unbranched alkanes of at least 4 members (excludes halogenated alkanes) is 1. The minimum absolute atomic E-state index is 0.408. The highest BCUT2D eigenvalue weighted by Crippen LogP contribution is 2.21. The fourth-order valence-corrected chi connectivity index (χ4v) is 3.24. The van der Waals surface area contributed by atoms with Crippen LogP contribution in [-0.2, 0) is 17.6 Å². The minimum atomic E-state index is -0.408. The maximum Gasteiger partial charge on any atom is 0.411 e. The van der Waals surface area contributed by atoms with Crippen molar-refractivity contribution in [1.82, 2.24) is 0 Å². The predicted octanol–water partition coefficient (Wildman–Crippen LogP) is 7.63. The summed E-state index contributed by atoms with van der Waals surface area (Å²) >= 11 is 0. The van der Waals surface area contributed by atoms with E-state index in [1.54, 1.807) is 0 Å². The van der Waals surface area contributed by atoms with E-state index in [0.29, 0.717) is 6.61 Å². The van der Waals surface area contributed by atoms with Crippen LogP contribution in [0.2, 0.25) is 0 Å². The van der Waals surface area contributed by atoms with Crippen LogP contribution in [0.5, 0.6) is 0 Å². The van der Waals surface area contributed by atoms with Gasteiger partial charge in [-0.25, -0.2) is 4.79 Å². The Hall–Kier alpha value is -3.69. The van der Waals surface area contributed by atoms with Gasteiger partial charge in [0.05, 0.1) is 18.0 Å². The monoisotopic (exact) mass is 441 g/mol. The number of aliphatic imine (C=N–C) groups is 2. The van der Waals surface area contributed by atoms with Gasteiger partial charge in [-0.1, -0.05) is 56.7 Å². The lowest BCUT2D eigenvalue weighted by atomic mass is 10.0. The lowest BCUT2D eigenvalue weighted by Crippen LogP contribution is -2.15. The fourth-order valence-electron chi connectivity index (χ4n) is 3.24. The summed E-state index contributed by atoms with van der Waals surface area (Å²) in [6.07, 6.45) is 3.21. The van der Waals surface area contributed by atoms with Gasteiger partial charge in [-0.15, -0.1) is 0 Å². The van der Waals surface area contributed by atoms with E-state index in [0.717, 1.165) is 59.4 Å². The zero-order valence-electron chi connectivity index (χ0n) is 19.6. The molecule has 5 heteroatoms. The standard InChI is InChI=1S/C28H31N3O2/c1-4-6-17-33-28(32)31-27-19-24(8-7-21(27)3)18-23-11-15-26(16-12-23)30-20-29-25-13-9-22(5-2)10-14-25/h7-16,19H,4-6,17-18H2,1-3H3,(H,31,32). The molecule has 1 amide bonds. The number of benzene rings is 3. The van der Waals surface area contributed by atoms with Crippen LogP contribution >= 0.6 is 0 Å². The Morgan fingerprint density at radius 2 is 1.48 bits per heavy atom. The Balaban J connectivity index is 1.61. The number of hydrogen-bond donors (Lipinski definition) is 1. The molecule has 5 nitrogen and oxygen atoms in total. The van der Waals surface area contributed by atoms with Crippen LogP contribution in [0.4, 0.5) is 21.9 Å². The van der Waals surface area contributed by atoms with E-state index < -0.39 is 6.09 Å². The average molecular weight is 442 g/mol. The first-order chi connectivity index (χ1) is 16.1. The van der Waals surface area contributed by atoms with Gasteiger partial charge in [0.15, 0.2) is 0 Å². The highest BCUT2D eigenvalue weighted by molar-refractivity contribution is 5.85. The summed E-state index contributed by atoms with van der Waals surface area (Å²) in [7, 11) is 0. The van der Waals surface area contributed by atoms with Crippen LogP contribution in [0, 0.1) is 6.92 Å². The molecule has 3 rings (SSSR count). The summed E-state index contributed by atoms with van der Waals surface area (Å²) in [5, 5.41) is 2.85. The zero-order valence-corrected chi connectivity index (χ0v) is 19.6. The second-order valence-corrected chi connectivity index (χ2v) is 7.95. The van der Waals surface area contributed by atoms with E-state index in [1.165, 1.54) is 5.56 Å². The Labute approximate surface area is 196 Å². The van der Waals surface area contributed by atoms with Gasteiger partial charge < -0.3 is 4.74 Å². The number of nitrogens with zero attached hydrogens (tertiary/aromatic N) is 2. The van der Waals surface area contributed by atoms with Crippen molar-refractivity contribution in [2.75, 3.05) is 11.9 Å². The Morgan fingerprint density at radius 3 is 2.09 bits per heavy atom. The summed E-state index contributed by atoms with van der Waals surface area (Å²) in [5.41, 5.74) is 6.96. The average Bonchev–Trinajstić information content (AvgIpc) is 2.83. The molecule has 0 radical (unpaired) electrons. The smallest absolute Gasteiger partial charge is 0.411 e. The van der Waals surface area contributed by atoms with E-state index >= 15 is 0 Å². The van der Waals surface area contributed by atoms with Crippen molar-refractivity contribution >= 4 is 29.2 Å². The van der Waals surface area contributed by atoms with Crippen LogP contribution in [0.25, 0.3) is 0 Å². The molecule has 0 aliphatic heterocycles. The molecule has 3 aromatic rings. The van der Waals surface area contributed by atoms with Gasteiger partial charge in [-0.2, -0.15) is 9.98 Å². The first kappa shape index (κ1) is 24.0. The summed E-state index contributed by atoms with van der Waals surface area (Å²) < 4.78 is 5.21. The van der Waals surface area contributed by atoms with Crippen LogP contribution in [-0.4, -0.2) is 18.7 Å². The topological polar surface area (TPSA) is 63.0 Å².